The number of halogens is 1. The van der Waals surface area contributed by atoms with Gasteiger partial charge in [0.25, 0.3) is 0 Å². The highest BCUT2D eigenvalue weighted by Gasteiger charge is 2.08. The molecule has 0 fully saturated rings. The first-order valence-corrected chi connectivity index (χ1v) is 6.68. The molecule has 19 heavy (non-hydrogen) atoms. The zero-order chi connectivity index (χ0) is 13.7. The average molecular weight is 277 g/mol. The van der Waals surface area contributed by atoms with Crippen LogP contribution in [0.2, 0.25) is 5.02 Å². The summed E-state index contributed by atoms with van der Waals surface area (Å²) in [5.41, 5.74) is 1.01. The molecule has 3 nitrogen and oxygen atoms in total. The van der Waals surface area contributed by atoms with Crippen molar-refractivity contribution in [1.29, 1.82) is 0 Å². The first kappa shape index (κ1) is 13.8. The van der Waals surface area contributed by atoms with Crippen LogP contribution in [0.15, 0.2) is 42.6 Å². The van der Waals surface area contributed by atoms with Crippen molar-refractivity contribution in [2.24, 2.45) is 0 Å². The highest BCUT2D eigenvalue weighted by atomic mass is 35.5. The maximum atomic E-state index is 6.05. The van der Waals surface area contributed by atoms with Crippen LogP contribution in [0.1, 0.15) is 25.1 Å². The van der Waals surface area contributed by atoms with Crippen molar-refractivity contribution in [3.63, 3.8) is 0 Å². The minimum atomic E-state index is 0.273. The van der Waals surface area contributed by atoms with E-state index in [4.69, 9.17) is 16.3 Å². The number of hydrogen-bond donors (Lipinski definition) is 1. The van der Waals surface area contributed by atoms with Gasteiger partial charge >= 0.3 is 0 Å². The van der Waals surface area contributed by atoms with Crippen molar-refractivity contribution in [2.75, 3.05) is 7.05 Å². The van der Waals surface area contributed by atoms with E-state index in [1.165, 1.54) is 0 Å². The molecule has 0 amide bonds. The Morgan fingerprint density at radius 1 is 1.26 bits per heavy atom. The van der Waals surface area contributed by atoms with Gasteiger partial charge in [-0.15, -0.1) is 0 Å². The minimum Gasteiger partial charge on any atom is -0.454 e. The van der Waals surface area contributed by atoms with Crippen LogP contribution in [0.25, 0.3) is 0 Å². The SMILES string of the molecule is CCC(NC)c1ccc(Oc2ccccc2Cl)cn1. The number of nitrogens with one attached hydrogen (secondary N) is 1. The molecule has 0 radical (unpaired) electrons. The molecule has 1 atom stereocenters. The smallest absolute Gasteiger partial charge is 0.146 e. The zero-order valence-corrected chi connectivity index (χ0v) is 11.8. The van der Waals surface area contributed by atoms with Gasteiger partial charge in [0, 0.05) is 6.04 Å². The number of nitrogens with zero attached hydrogens (tertiary/aromatic N) is 1. The molecule has 0 saturated heterocycles. The van der Waals surface area contributed by atoms with Crippen LogP contribution in [-0.4, -0.2) is 12.0 Å². The Kier molecular flexibility index (Phi) is 4.77. The largest absolute Gasteiger partial charge is 0.454 e. The molecule has 0 spiro atoms. The molecule has 0 saturated carbocycles. The molecule has 0 bridgehead atoms. The number of hydrogen-bond acceptors (Lipinski definition) is 3. The maximum absolute atomic E-state index is 6.05. The van der Waals surface area contributed by atoms with E-state index in [-0.39, 0.29) is 6.04 Å². The summed E-state index contributed by atoms with van der Waals surface area (Å²) in [4.78, 5) is 4.42. The van der Waals surface area contributed by atoms with E-state index in [2.05, 4.69) is 17.2 Å². The topological polar surface area (TPSA) is 34.1 Å². The third-order valence-corrected chi connectivity index (χ3v) is 3.25. The lowest BCUT2D eigenvalue weighted by Crippen LogP contribution is -2.16. The first-order chi connectivity index (χ1) is 9.24. The van der Waals surface area contributed by atoms with Crippen molar-refractivity contribution >= 4 is 11.6 Å². The van der Waals surface area contributed by atoms with Crippen LogP contribution in [0.3, 0.4) is 0 Å². The molecule has 0 aliphatic carbocycles. The van der Waals surface area contributed by atoms with Crippen molar-refractivity contribution in [1.82, 2.24) is 10.3 Å². The molecule has 1 unspecified atom stereocenters. The third-order valence-electron chi connectivity index (χ3n) is 2.94. The van der Waals surface area contributed by atoms with Crippen LogP contribution < -0.4 is 10.1 Å². The number of para-hydroxylation sites is 1. The van der Waals surface area contributed by atoms with Crippen LogP contribution in [0.4, 0.5) is 0 Å². The monoisotopic (exact) mass is 276 g/mol. The molecular formula is C15H17ClN2O. The van der Waals surface area contributed by atoms with Gasteiger partial charge in [-0.1, -0.05) is 30.7 Å². The van der Waals surface area contributed by atoms with Crippen molar-refractivity contribution in [3.8, 4) is 11.5 Å². The van der Waals surface area contributed by atoms with E-state index < -0.39 is 0 Å². The quantitative estimate of drug-likeness (QED) is 0.889. The van der Waals surface area contributed by atoms with Crippen molar-refractivity contribution < 1.29 is 4.74 Å². The Hall–Kier alpha value is -1.58. The molecule has 0 aliphatic rings. The predicted octanol–water partition coefficient (Wildman–Crippen LogP) is 4.20. The Morgan fingerprint density at radius 2 is 2.05 bits per heavy atom. The van der Waals surface area contributed by atoms with Gasteiger partial charge < -0.3 is 10.1 Å². The lowest BCUT2D eigenvalue weighted by Gasteiger charge is -2.13. The molecule has 100 valence electrons. The van der Waals surface area contributed by atoms with Gasteiger partial charge in [0.05, 0.1) is 16.9 Å². The second kappa shape index (κ2) is 6.55. The lowest BCUT2D eigenvalue weighted by molar-refractivity contribution is 0.477. The van der Waals surface area contributed by atoms with Crippen LogP contribution in [0.5, 0.6) is 11.5 Å². The molecule has 2 aromatic rings. The molecule has 2 rings (SSSR count). The summed E-state index contributed by atoms with van der Waals surface area (Å²) < 4.78 is 5.70. The maximum Gasteiger partial charge on any atom is 0.146 e. The second-order valence-corrected chi connectivity index (χ2v) is 4.61. The highest BCUT2D eigenvalue weighted by molar-refractivity contribution is 6.32. The Morgan fingerprint density at radius 3 is 2.63 bits per heavy atom. The summed E-state index contributed by atoms with van der Waals surface area (Å²) in [6.45, 7) is 2.12. The molecule has 4 heteroatoms. The van der Waals surface area contributed by atoms with Crippen LogP contribution >= 0.6 is 11.6 Å². The molecule has 1 N–H and O–H groups in total. The van der Waals surface area contributed by atoms with E-state index in [1.54, 1.807) is 12.3 Å². The number of benzene rings is 1. The van der Waals surface area contributed by atoms with Gasteiger partial charge in [-0.05, 0) is 37.7 Å². The highest BCUT2D eigenvalue weighted by Crippen LogP contribution is 2.28. The van der Waals surface area contributed by atoms with Gasteiger partial charge in [0.1, 0.15) is 11.5 Å². The van der Waals surface area contributed by atoms with E-state index >= 15 is 0 Å². The van der Waals surface area contributed by atoms with Gasteiger partial charge in [-0.3, -0.25) is 4.98 Å². The van der Waals surface area contributed by atoms with E-state index in [9.17, 15) is 0 Å². The summed E-state index contributed by atoms with van der Waals surface area (Å²) in [5, 5.41) is 3.81. The second-order valence-electron chi connectivity index (χ2n) is 4.20. The number of aromatic nitrogens is 1. The van der Waals surface area contributed by atoms with E-state index in [0.29, 0.717) is 16.5 Å². The standard InChI is InChI=1S/C15H17ClN2O/c1-3-13(17-2)14-9-8-11(10-18-14)19-15-7-5-4-6-12(15)16/h4-10,13,17H,3H2,1-2H3. The molecule has 1 aromatic carbocycles. The lowest BCUT2D eigenvalue weighted by atomic mass is 10.1. The van der Waals surface area contributed by atoms with Gasteiger partial charge in [-0.25, -0.2) is 0 Å². The van der Waals surface area contributed by atoms with Gasteiger partial charge in [0.2, 0.25) is 0 Å². The first-order valence-electron chi connectivity index (χ1n) is 6.30. The number of ether oxygens (including phenoxy) is 1. The zero-order valence-electron chi connectivity index (χ0n) is 11.1. The van der Waals surface area contributed by atoms with E-state index in [0.717, 1.165) is 12.1 Å². The summed E-state index contributed by atoms with van der Waals surface area (Å²) in [6, 6.07) is 11.5. The molecule has 0 aliphatic heterocycles. The van der Waals surface area contributed by atoms with Crippen LogP contribution in [0, 0.1) is 0 Å². The van der Waals surface area contributed by atoms with Gasteiger partial charge in [-0.2, -0.15) is 0 Å². The number of pyridine rings is 1. The molecule has 1 heterocycles. The molecular weight excluding hydrogens is 260 g/mol. The van der Waals surface area contributed by atoms with Gasteiger partial charge in [0.15, 0.2) is 0 Å². The minimum absolute atomic E-state index is 0.273. The van der Waals surface area contributed by atoms with Crippen molar-refractivity contribution in [2.45, 2.75) is 19.4 Å². The number of rotatable bonds is 5. The summed E-state index contributed by atoms with van der Waals surface area (Å²) in [7, 11) is 1.93. The van der Waals surface area contributed by atoms with Crippen LogP contribution in [-0.2, 0) is 0 Å². The average Bonchev–Trinajstić information content (AvgIpc) is 2.44. The van der Waals surface area contributed by atoms with E-state index in [1.807, 2.05) is 37.4 Å². The fourth-order valence-electron chi connectivity index (χ4n) is 1.87. The summed E-state index contributed by atoms with van der Waals surface area (Å²) in [5.74, 6) is 1.32. The summed E-state index contributed by atoms with van der Waals surface area (Å²) in [6.07, 6.45) is 2.72. The Labute approximate surface area is 118 Å². The predicted molar refractivity (Wildman–Crippen MR) is 77.9 cm³/mol. The van der Waals surface area contributed by atoms with Crippen molar-refractivity contribution in [3.05, 3.63) is 53.3 Å². The Balaban J connectivity index is 2.13. The fraction of sp³-hybridized carbons (Fsp3) is 0.267. The normalized spacial score (nSPS) is 12.2. The third kappa shape index (κ3) is 3.46. The fourth-order valence-corrected chi connectivity index (χ4v) is 2.05. The molecule has 1 aromatic heterocycles. The Bertz CT molecular complexity index is 524. The summed E-state index contributed by atoms with van der Waals surface area (Å²) >= 11 is 6.05.